The summed E-state index contributed by atoms with van der Waals surface area (Å²) in [7, 11) is 3.16. The van der Waals surface area contributed by atoms with Crippen LogP contribution in [0.2, 0.25) is 0 Å². The number of carbonyl (C=O) groups is 3. The topological polar surface area (TPSA) is 106 Å². The molecule has 216 valence electrons. The Morgan fingerprint density at radius 1 is 1.02 bits per heavy atom. The van der Waals surface area contributed by atoms with Gasteiger partial charge in [0.05, 0.1) is 32.2 Å². The highest BCUT2D eigenvalue weighted by Gasteiger charge is 2.72. The fourth-order valence-corrected chi connectivity index (χ4v) is 7.08. The molecule has 7 atom stereocenters. The molecule has 41 heavy (non-hydrogen) atoms. The Morgan fingerprint density at radius 3 is 2.51 bits per heavy atom. The highest BCUT2D eigenvalue weighted by molar-refractivity contribution is 6.02. The highest BCUT2D eigenvalue weighted by Crippen LogP contribution is 2.55. The Labute approximate surface area is 240 Å². The zero-order chi connectivity index (χ0) is 28.7. The van der Waals surface area contributed by atoms with Gasteiger partial charge in [-0.15, -0.1) is 0 Å². The monoisotopic (exact) mass is 559 g/mol. The molecular weight excluding hydrogens is 522 g/mol. The number of nitrogens with zero attached hydrogens (tertiary/aromatic N) is 1. The average molecular weight is 560 g/mol. The van der Waals surface area contributed by atoms with Crippen molar-refractivity contribution < 1.29 is 28.6 Å². The summed E-state index contributed by atoms with van der Waals surface area (Å²) < 4.78 is 17.1. The van der Waals surface area contributed by atoms with Crippen LogP contribution in [0.15, 0.2) is 60.7 Å². The Balaban J connectivity index is 1.32. The number of rotatable bonds is 8. The van der Waals surface area contributed by atoms with Gasteiger partial charge in [0.15, 0.2) is 0 Å². The van der Waals surface area contributed by atoms with Crippen LogP contribution in [0.3, 0.4) is 0 Å². The zero-order valence-corrected chi connectivity index (χ0v) is 23.7. The first-order chi connectivity index (χ1) is 19.8. The molecule has 1 aliphatic carbocycles. The molecule has 1 spiro atoms. The van der Waals surface area contributed by atoms with Crippen molar-refractivity contribution in [3.63, 3.8) is 0 Å². The smallest absolute Gasteiger partial charge is 0.246 e. The van der Waals surface area contributed by atoms with Crippen LogP contribution in [0, 0.1) is 17.8 Å². The molecule has 3 aliphatic heterocycles. The number of benzene rings is 2. The van der Waals surface area contributed by atoms with Crippen molar-refractivity contribution in [1.82, 2.24) is 10.2 Å². The Bertz CT molecular complexity index is 1360. The third-order valence-electron chi connectivity index (χ3n) is 9.21. The summed E-state index contributed by atoms with van der Waals surface area (Å²) in [5.74, 6) is -0.728. The van der Waals surface area contributed by atoms with Crippen LogP contribution < -0.4 is 20.1 Å². The summed E-state index contributed by atoms with van der Waals surface area (Å²) in [5.41, 5.74) is 0.207. The Kier molecular flexibility index (Phi) is 7.23. The summed E-state index contributed by atoms with van der Waals surface area (Å²) in [5, 5.41) is 6.22. The van der Waals surface area contributed by atoms with Gasteiger partial charge in [0.2, 0.25) is 17.7 Å². The van der Waals surface area contributed by atoms with Crippen LogP contribution in [0.4, 0.5) is 5.69 Å². The van der Waals surface area contributed by atoms with Gasteiger partial charge in [-0.25, -0.2) is 0 Å². The summed E-state index contributed by atoms with van der Waals surface area (Å²) in [6.45, 7) is 2.38. The number of hydrogen-bond acceptors (Lipinski definition) is 6. The number of hydrogen-bond donors (Lipinski definition) is 2. The summed E-state index contributed by atoms with van der Waals surface area (Å²) in [4.78, 5) is 43.7. The predicted molar refractivity (Wildman–Crippen MR) is 152 cm³/mol. The van der Waals surface area contributed by atoms with E-state index in [0.717, 1.165) is 31.2 Å². The highest BCUT2D eigenvalue weighted by atomic mass is 16.5. The van der Waals surface area contributed by atoms with Gasteiger partial charge >= 0.3 is 0 Å². The van der Waals surface area contributed by atoms with Crippen molar-refractivity contribution in [2.24, 2.45) is 17.8 Å². The predicted octanol–water partition coefficient (Wildman–Crippen LogP) is 3.69. The van der Waals surface area contributed by atoms with E-state index in [0.29, 0.717) is 23.1 Å². The Morgan fingerprint density at radius 2 is 1.78 bits per heavy atom. The van der Waals surface area contributed by atoms with Gasteiger partial charge in [-0.3, -0.25) is 14.4 Å². The lowest BCUT2D eigenvalue weighted by molar-refractivity contribution is -0.142. The van der Waals surface area contributed by atoms with Crippen molar-refractivity contribution in [3.05, 3.63) is 66.2 Å². The van der Waals surface area contributed by atoms with Crippen molar-refractivity contribution in [2.75, 3.05) is 19.5 Å². The average Bonchev–Trinajstić information content (AvgIpc) is 3.62. The molecule has 3 amide bonds. The van der Waals surface area contributed by atoms with E-state index in [1.165, 1.54) is 0 Å². The molecule has 1 saturated carbocycles. The molecule has 0 aromatic heterocycles. The van der Waals surface area contributed by atoms with Crippen molar-refractivity contribution in [3.8, 4) is 11.5 Å². The minimum Gasteiger partial charge on any atom is -0.497 e. The van der Waals surface area contributed by atoms with Gasteiger partial charge < -0.3 is 29.7 Å². The quantitative estimate of drug-likeness (QED) is 0.478. The van der Waals surface area contributed by atoms with Gasteiger partial charge in [0, 0.05) is 24.3 Å². The molecule has 3 heterocycles. The standard InChI is InChI=1S/C32H37N3O6/c1-19-7-4-5-10-24(19)34-30(37)28-32-16-15-25(41-32)26(29(36)33-21-8-6-9-23(17-21)40-3)27(32)31(38)35(28)18-20-11-13-22(39-2)14-12-20/h6,8-9,11-17,19,24-28H,4-5,7,10,18H2,1-3H3,(H,33,36)(H,34,37)/t19-,24-,25+,26+,27+,28-,32-/m0/s1. The first kappa shape index (κ1) is 27.3. The van der Waals surface area contributed by atoms with Gasteiger partial charge in [-0.2, -0.15) is 0 Å². The molecule has 2 aromatic carbocycles. The minimum absolute atomic E-state index is 0.0411. The largest absolute Gasteiger partial charge is 0.497 e. The van der Waals surface area contributed by atoms with E-state index in [4.69, 9.17) is 14.2 Å². The maximum atomic E-state index is 14.2. The second-order valence-electron chi connectivity index (χ2n) is 11.6. The normalized spacial score (nSPS) is 31.6. The zero-order valence-electron chi connectivity index (χ0n) is 23.7. The second-order valence-corrected chi connectivity index (χ2v) is 11.6. The third-order valence-corrected chi connectivity index (χ3v) is 9.21. The van der Waals surface area contributed by atoms with Crippen LogP contribution in [0.1, 0.15) is 38.2 Å². The number of fused-ring (bicyclic) bond motifs is 1. The third kappa shape index (κ3) is 4.76. The maximum absolute atomic E-state index is 14.2. The van der Waals surface area contributed by atoms with E-state index in [2.05, 4.69) is 17.6 Å². The molecule has 9 nitrogen and oxygen atoms in total. The Hall–Kier alpha value is -3.85. The number of anilines is 1. The molecule has 0 unspecified atom stereocenters. The molecule has 2 N–H and O–H groups in total. The molecule has 0 radical (unpaired) electrons. The fraction of sp³-hybridized carbons (Fsp3) is 0.469. The lowest BCUT2D eigenvalue weighted by Gasteiger charge is -2.36. The van der Waals surface area contributed by atoms with Crippen molar-refractivity contribution in [2.45, 2.75) is 62.9 Å². The molecular formula is C32H37N3O6. The van der Waals surface area contributed by atoms with E-state index in [1.807, 2.05) is 36.4 Å². The van der Waals surface area contributed by atoms with Crippen LogP contribution in [-0.4, -0.2) is 60.6 Å². The second kappa shape index (κ2) is 10.9. The number of amides is 3. The first-order valence-corrected chi connectivity index (χ1v) is 14.4. The first-order valence-electron chi connectivity index (χ1n) is 14.4. The van der Waals surface area contributed by atoms with Crippen LogP contribution >= 0.6 is 0 Å². The SMILES string of the molecule is COc1ccc(CN2C(=O)[C@H]3[C@H](C(=O)Nc4cccc(OC)c4)[C@H]4C=C[C@@]3(O4)[C@@H]2C(=O)N[C@H]2CCCC[C@@H]2C)cc1. The lowest BCUT2D eigenvalue weighted by Crippen LogP contribution is -2.57. The molecule has 9 heteroatoms. The molecule has 2 aromatic rings. The van der Waals surface area contributed by atoms with Gasteiger partial charge in [0.1, 0.15) is 23.1 Å². The number of likely N-dealkylation sites (tertiary alicyclic amines) is 1. The summed E-state index contributed by atoms with van der Waals surface area (Å²) >= 11 is 0. The van der Waals surface area contributed by atoms with Crippen LogP contribution in [-0.2, 0) is 25.7 Å². The minimum atomic E-state index is -1.22. The maximum Gasteiger partial charge on any atom is 0.246 e. The number of methoxy groups -OCH3 is 2. The van der Waals surface area contributed by atoms with Crippen LogP contribution in [0.25, 0.3) is 0 Å². The number of ether oxygens (including phenoxy) is 3. The number of carbonyl (C=O) groups excluding carboxylic acids is 3. The van der Waals surface area contributed by atoms with E-state index < -0.39 is 29.6 Å². The number of nitrogens with one attached hydrogen (secondary N) is 2. The van der Waals surface area contributed by atoms with Crippen molar-refractivity contribution >= 4 is 23.4 Å². The van der Waals surface area contributed by atoms with E-state index in [-0.39, 0.29) is 30.3 Å². The van der Waals surface area contributed by atoms with E-state index in [9.17, 15) is 14.4 Å². The molecule has 2 saturated heterocycles. The van der Waals surface area contributed by atoms with Gasteiger partial charge in [-0.1, -0.05) is 50.1 Å². The molecule has 6 rings (SSSR count). The van der Waals surface area contributed by atoms with Crippen molar-refractivity contribution in [1.29, 1.82) is 0 Å². The molecule has 4 aliphatic rings. The summed E-state index contributed by atoms with van der Waals surface area (Å²) in [6, 6.07) is 13.7. The van der Waals surface area contributed by atoms with Gasteiger partial charge in [-0.05, 0) is 48.6 Å². The molecule has 3 fully saturated rings. The fourth-order valence-electron chi connectivity index (χ4n) is 7.08. The summed E-state index contributed by atoms with van der Waals surface area (Å²) in [6.07, 6.45) is 7.27. The van der Waals surface area contributed by atoms with E-state index in [1.54, 1.807) is 43.4 Å². The molecule has 2 bridgehead atoms. The van der Waals surface area contributed by atoms with Crippen LogP contribution in [0.5, 0.6) is 11.5 Å². The van der Waals surface area contributed by atoms with E-state index >= 15 is 0 Å². The van der Waals surface area contributed by atoms with Gasteiger partial charge in [0.25, 0.3) is 0 Å². The lowest BCUT2D eigenvalue weighted by atomic mass is 9.74.